The van der Waals surface area contributed by atoms with Crippen LogP contribution >= 0.6 is 11.6 Å². The molecule has 1 amide bonds. The van der Waals surface area contributed by atoms with Crippen LogP contribution in [0.25, 0.3) is 0 Å². The second kappa shape index (κ2) is 6.98. The Labute approximate surface area is 126 Å². The average Bonchev–Trinajstić information content (AvgIpc) is 2.44. The van der Waals surface area contributed by atoms with Gasteiger partial charge < -0.3 is 10.6 Å². The Balaban J connectivity index is 2.09. The Bertz CT molecular complexity index is 476. The van der Waals surface area contributed by atoms with Crippen molar-refractivity contribution in [2.75, 3.05) is 10.6 Å². The maximum atomic E-state index is 11.5. The average molecular weight is 295 g/mol. The molecule has 20 heavy (non-hydrogen) atoms. The van der Waals surface area contributed by atoms with Crippen molar-refractivity contribution in [2.45, 2.75) is 52.0 Å². The quantitative estimate of drug-likeness (QED) is 0.846. The normalized spacial score (nSPS) is 22.4. The predicted octanol–water partition coefficient (Wildman–Crippen LogP) is 4.68. The van der Waals surface area contributed by atoms with Crippen molar-refractivity contribution in [3.8, 4) is 0 Å². The first kappa shape index (κ1) is 15.2. The van der Waals surface area contributed by atoms with E-state index < -0.39 is 0 Å². The number of benzene rings is 1. The molecule has 2 N–H and O–H groups in total. The third-order valence-electron chi connectivity index (χ3n) is 4.02. The van der Waals surface area contributed by atoms with Gasteiger partial charge in [-0.1, -0.05) is 38.3 Å². The Hall–Kier alpha value is -1.22. The zero-order valence-corrected chi connectivity index (χ0v) is 13.0. The van der Waals surface area contributed by atoms with Gasteiger partial charge in [-0.25, -0.2) is 0 Å². The van der Waals surface area contributed by atoms with E-state index in [1.807, 2.05) is 25.1 Å². The van der Waals surface area contributed by atoms with Crippen LogP contribution in [0.4, 0.5) is 11.4 Å². The molecule has 2 unspecified atom stereocenters. The molecule has 1 saturated carbocycles. The molecule has 3 nitrogen and oxygen atoms in total. The van der Waals surface area contributed by atoms with Crippen LogP contribution in [0.1, 0.15) is 46.0 Å². The lowest BCUT2D eigenvalue weighted by atomic mass is 9.86. The summed E-state index contributed by atoms with van der Waals surface area (Å²) in [7, 11) is 0. The fourth-order valence-electron chi connectivity index (χ4n) is 2.69. The number of carbonyl (C=O) groups is 1. The van der Waals surface area contributed by atoms with Crippen LogP contribution in [0.3, 0.4) is 0 Å². The topological polar surface area (TPSA) is 41.1 Å². The number of hydrogen-bond donors (Lipinski definition) is 2. The summed E-state index contributed by atoms with van der Waals surface area (Å²) in [6, 6.07) is 6.07. The van der Waals surface area contributed by atoms with Crippen molar-refractivity contribution >= 4 is 28.9 Å². The first-order chi connectivity index (χ1) is 9.60. The molecule has 1 aliphatic rings. The molecule has 2 rings (SSSR count). The number of nitrogens with one attached hydrogen (secondary N) is 2. The molecule has 4 heteroatoms. The van der Waals surface area contributed by atoms with Crippen LogP contribution in [-0.4, -0.2) is 11.9 Å². The number of halogens is 1. The molecular formula is C16H23ClN2O. The van der Waals surface area contributed by atoms with Crippen LogP contribution in [-0.2, 0) is 4.79 Å². The van der Waals surface area contributed by atoms with Gasteiger partial charge in [-0.15, -0.1) is 0 Å². The van der Waals surface area contributed by atoms with Gasteiger partial charge in [0.05, 0.1) is 10.7 Å². The highest BCUT2D eigenvalue weighted by atomic mass is 35.5. The summed E-state index contributed by atoms with van der Waals surface area (Å²) >= 11 is 6.26. The highest BCUT2D eigenvalue weighted by Crippen LogP contribution is 2.31. The van der Waals surface area contributed by atoms with Crippen molar-refractivity contribution < 1.29 is 4.79 Å². The first-order valence-electron chi connectivity index (χ1n) is 7.46. The second-order valence-corrected chi connectivity index (χ2v) is 6.02. The highest BCUT2D eigenvalue weighted by molar-refractivity contribution is 6.33. The molecule has 1 aliphatic carbocycles. The Morgan fingerprint density at radius 1 is 1.35 bits per heavy atom. The second-order valence-electron chi connectivity index (χ2n) is 5.61. The zero-order valence-electron chi connectivity index (χ0n) is 12.2. The van der Waals surface area contributed by atoms with E-state index in [-0.39, 0.29) is 5.91 Å². The lowest BCUT2D eigenvalue weighted by Crippen LogP contribution is -2.30. The van der Waals surface area contributed by atoms with Gasteiger partial charge in [0.15, 0.2) is 0 Å². The van der Waals surface area contributed by atoms with E-state index in [4.69, 9.17) is 11.6 Å². The predicted molar refractivity (Wildman–Crippen MR) is 85.4 cm³/mol. The van der Waals surface area contributed by atoms with E-state index in [1.165, 1.54) is 25.7 Å². The van der Waals surface area contributed by atoms with Crippen LogP contribution < -0.4 is 10.6 Å². The van der Waals surface area contributed by atoms with E-state index in [1.54, 1.807) is 0 Å². The van der Waals surface area contributed by atoms with E-state index in [9.17, 15) is 4.79 Å². The van der Waals surface area contributed by atoms with Crippen LogP contribution in [0.5, 0.6) is 0 Å². The monoisotopic (exact) mass is 294 g/mol. The van der Waals surface area contributed by atoms with Gasteiger partial charge in [-0.05, 0) is 37.0 Å². The lowest BCUT2D eigenvalue weighted by Gasteiger charge is -2.30. The summed E-state index contributed by atoms with van der Waals surface area (Å²) in [5, 5.41) is 7.12. The number of carbonyl (C=O) groups excluding carboxylic acids is 1. The molecule has 1 aromatic rings. The molecule has 0 bridgehead atoms. The third-order valence-corrected chi connectivity index (χ3v) is 4.35. The van der Waals surface area contributed by atoms with Gasteiger partial charge in [0.2, 0.25) is 5.91 Å². The summed E-state index contributed by atoms with van der Waals surface area (Å²) in [5.74, 6) is 0.679. The standard InChI is InChI=1S/C16H23ClN2O/c1-3-16(20)18-12-8-9-13(17)15(10-12)19-14-7-5-4-6-11(14)2/h8-11,14,19H,3-7H2,1-2H3,(H,18,20). The Morgan fingerprint density at radius 2 is 2.10 bits per heavy atom. The first-order valence-corrected chi connectivity index (χ1v) is 7.84. The summed E-state index contributed by atoms with van der Waals surface area (Å²) < 4.78 is 0. The van der Waals surface area contributed by atoms with Gasteiger partial charge in [-0.3, -0.25) is 4.79 Å². The van der Waals surface area contributed by atoms with E-state index in [0.29, 0.717) is 23.4 Å². The van der Waals surface area contributed by atoms with Crippen LogP contribution in [0.2, 0.25) is 5.02 Å². The summed E-state index contributed by atoms with van der Waals surface area (Å²) in [5.41, 5.74) is 1.71. The number of amides is 1. The van der Waals surface area contributed by atoms with Gasteiger partial charge in [-0.2, -0.15) is 0 Å². The summed E-state index contributed by atoms with van der Waals surface area (Å²) in [6.45, 7) is 4.13. The van der Waals surface area contributed by atoms with E-state index in [2.05, 4.69) is 17.6 Å². The van der Waals surface area contributed by atoms with Gasteiger partial charge in [0.1, 0.15) is 0 Å². The fourth-order valence-corrected chi connectivity index (χ4v) is 2.87. The minimum absolute atomic E-state index is 0.0179. The van der Waals surface area contributed by atoms with E-state index in [0.717, 1.165) is 11.4 Å². The van der Waals surface area contributed by atoms with Gasteiger partial charge in [0, 0.05) is 18.2 Å². The maximum absolute atomic E-state index is 11.5. The van der Waals surface area contributed by atoms with Crippen molar-refractivity contribution in [3.63, 3.8) is 0 Å². The summed E-state index contributed by atoms with van der Waals surface area (Å²) in [4.78, 5) is 11.5. The van der Waals surface area contributed by atoms with Crippen LogP contribution in [0, 0.1) is 5.92 Å². The molecule has 2 atom stereocenters. The summed E-state index contributed by atoms with van der Waals surface area (Å²) in [6.07, 6.45) is 5.52. The minimum atomic E-state index is 0.0179. The molecule has 0 saturated heterocycles. The van der Waals surface area contributed by atoms with Crippen molar-refractivity contribution in [3.05, 3.63) is 23.2 Å². The Morgan fingerprint density at radius 3 is 2.80 bits per heavy atom. The third kappa shape index (κ3) is 3.89. The van der Waals surface area contributed by atoms with Crippen molar-refractivity contribution in [2.24, 2.45) is 5.92 Å². The number of anilines is 2. The lowest BCUT2D eigenvalue weighted by molar-refractivity contribution is -0.115. The largest absolute Gasteiger partial charge is 0.381 e. The molecule has 0 spiro atoms. The highest BCUT2D eigenvalue weighted by Gasteiger charge is 2.21. The Kier molecular flexibility index (Phi) is 5.30. The van der Waals surface area contributed by atoms with Crippen LogP contribution in [0.15, 0.2) is 18.2 Å². The molecule has 110 valence electrons. The zero-order chi connectivity index (χ0) is 14.5. The smallest absolute Gasteiger partial charge is 0.224 e. The molecule has 0 heterocycles. The number of rotatable bonds is 4. The SMILES string of the molecule is CCC(=O)Nc1ccc(Cl)c(NC2CCCCC2C)c1. The molecule has 0 radical (unpaired) electrons. The minimum Gasteiger partial charge on any atom is -0.381 e. The van der Waals surface area contributed by atoms with Crippen molar-refractivity contribution in [1.82, 2.24) is 0 Å². The molecule has 1 fully saturated rings. The van der Waals surface area contributed by atoms with Gasteiger partial charge >= 0.3 is 0 Å². The molecular weight excluding hydrogens is 272 g/mol. The van der Waals surface area contributed by atoms with Crippen molar-refractivity contribution in [1.29, 1.82) is 0 Å². The molecule has 0 aromatic heterocycles. The fraction of sp³-hybridized carbons (Fsp3) is 0.562. The molecule has 1 aromatic carbocycles. The number of hydrogen-bond acceptors (Lipinski definition) is 2. The van der Waals surface area contributed by atoms with Gasteiger partial charge in [0.25, 0.3) is 0 Å². The van der Waals surface area contributed by atoms with E-state index >= 15 is 0 Å². The molecule has 0 aliphatic heterocycles. The maximum Gasteiger partial charge on any atom is 0.224 e.